The summed E-state index contributed by atoms with van der Waals surface area (Å²) in [5.74, 6) is 0.693. The molecule has 0 unspecified atom stereocenters. The Kier molecular flexibility index (Phi) is 3.62. The Morgan fingerprint density at radius 2 is 2.43 bits per heavy atom. The molecule has 0 saturated carbocycles. The largest absolute Gasteiger partial charge is 0.357 e. The molecule has 0 amide bonds. The number of rotatable bonds is 2. The van der Waals surface area contributed by atoms with Gasteiger partial charge < -0.3 is 4.90 Å². The summed E-state index contributed by atoms with van der Waals surface area (Å²) in [7, 11) is 1.88. The van der Waals surface area contributed by atoms with Gasteiger partial charge in [-0.05, 0) is 19.1 Å². The van der Waals surface area contributed by atoms with Crippen molar-refractivity contribution in [2.24, 2.45) is 4.99 Å². The lowest BCUT2D eigenvalue weighted by atomic mass is 10.3. The fraction of sp³-hybridized carbons (Fsp3) is 0.300. The fourth-order valence-electron chi connectivity index (χ4n) is 1.01. The van der Waals surface area contributed by atoms with Gasteiger partial charge in [0.25, 0.3) is 0 Å². The Morgan fingerprint density at radius 3 is 3.00 bits per heavy atom. The number of hydrogen-bond donors (Lipinski definition) is 0. The predicted octanol–water partition coefficient (Wildman–Crippen LogP) is 1.41. The topological polar surface area (TPSA) is 52.3 Å². The molecule has 0 N–H and O–H groups in total. The number of pyridine rings is 1. The molecule has 0 aliphatic rings. The maximum absolute atomic E-state index is 8.37. The summed E-state index contributed by atoms with van der Waals surface area (Å²) in [6.07, 6.45) is 3.51. The number of nitriles is 1. The van der Waals surface area contributed by atoms with E-state index in [1.54, 1.807) is 19.3 Å². The van der Waals surface area contributed by atoms with Crippen LogP contribution in [-0.4, -0.2) is 22.8 Å². The Bertz CT molecular complexity index is 350. The van der Waals surface area contributed by atoms with E-state index in [9.17, 15) is 0 Å². The van der Waals surface area contributed by atoms with E-state index in [-0.39, 0.29) is 0 Å². The highest BCUT2D eigenvalue weighted by Gasteiger charge is 2.01. The molecule has 14 heavy (non-hydrogen) atoms. The molecule has 0 radical (unpaired) electrons. The van der Waals surface area contributed by atoms with Crippen molar-refractivity contribution in [1.29, 1.82) is 5.26 Å². The molecule has 0 bridgehead atoms. The lowest BCUT2D eigenvalue weighted by Crippen LogP contribution is -2.23. The maximum Gasteiger partial charge on any atom is 0.207 e. The van der Waals surface area contributed by atoms with Gasteiger partial charge in [-0.2, -0.15) is 10.3 Å². The van der Waals surface area contributed by atoms with E-state index >= 15 is 0 Å². The maximum atomic E-state index is 8.37. The molecule has 1 aromatic heterocycles. The second kappa shape index (κ2) is 4.97. The smallest absolute Gasteiger partial charge is 0.207 e. The van der Waals surface area contributed by atoms with Crippen LogP contribution in [0.1, 0.15) is 12.6 Å². The molecule has 1 rings (SSSR count). The van der Waals surface area contributed by atoms with Crippen LogP contribution >= 0.6 is 0 Å². The first-order valence-corrected chi connectivity index (χ1v) is 4.28. The van der Waals surface area contributed by atoms with Gasteiger partial charge in [-0.15, -0.1) is 0 Å². The Labute approximate surface area is 83.5 Å². The van der Waals surface area contributed by atoms with Crippen molar-refractivity contribution in [1.82, 2.24) is 9.88 Å². The molecule has 0 saturated heterocycles. The second-order valence-corrected chi connectivity index (χ2v) is 2.94. The number of amidine groups is 1. The Hall–Kier alpha value is -1.89. The van der Waals surface area contributed by atoms with E-state index in [4.69, 9.17) is 5.26 Å². The van der Waals surface area contributed by atoms with E-state index < -0.39 is 0 Å². The molecule has 0 spiro atoms. The van der Waals surface area contributed by atoms with Crippen molar-refractivity contribution < 1.29 is 0 Å². The van der Waals surface area contributed by atoms with Crippen LogP contribution in [0.25, 0.3) is 0 Å². The normalized spacial score (nSPS) is 10.8. The van der Waals surface area contributed by atoms with Gasteiger partial charge in [0.1, 0.15) is 5.84 Å². The molecule has 72 valence electrons. The summed E-state index contributed by atoms with van der Waals surface area (Å²) in [6, 6.07) is 5.75. The lowest BCUT2D eigenvalue weighted by Gasteiger charge is -2.16. The molecule has 1 aromatic rings. The lowest BCUT2D eigenvalue weighted by molar-refractivity contribution is 0.490. The zero-order chi connectivity index (χ0) is 10.4. The SMILES string of the molecule is CC(=NC#N)N(C)Cc1ccccn1. The van der Waals surface area contributed by atoms with Crippen molar-refractivity contribution in [3.63, 3.8) is 0 Å². The van der Waals surface area contributed by atoms with E-state index in [2.05, 4.69) is 9.98 Å². The van der Waals surface area contributed by atoms with E-state index in [1.807, 2.05) is 30.1 Å². The molecule has 4 nitrogen and oxygen atoms in total. The van der Waals surface area contributed by atoms with Crippen molar-refractivity contribution in [2.75, 3.05) is 7.05 Å². The third kappa shape index (κ3) is 2.87. The standard InChI is InChI=1S/C10H12N4/c1-9(13-8-11)14(2)7-10-5-3-4-6-12-10/h3-6H,7H2,1-2H3. The first kappa shape index (κ1) is 10.2. The van der Waals surface area contributed by atoms with Gasteiger partial charge in [0.05, 0.1) is 12.2 Å². The van der Waals surface area contributed by atoms with Crippen molar-refractivity contribution in [3.8, 4) is 6.19 Å². The molecule has 1 heterocycles. The fourth-order valence-corrected chi connectivity index (χ4v) is 1.01. The van der Waals surface area contributed by atoms with Gasteiger partial charge in [-0.1, -0.05) is 6.07 Å². The van der Waals surface area contributed by atoms with Crippen LogP contribution in [0.3, 0.4) is 0 Å². The van der Waals surface area contributed by atoms with Gasteiger partial charge in [0, 0.05) is 13.2 Å². The average Bonchev–Trinajstić information content (AvgIpc) is 2.19. The van der Waals surface area contributed by atoms with Crippen molar-refractivity contribution in [3.05, 3.63) is 30.1 Å². The Morgan fingerprint density at radius 1 is 1.64 bits per heavy atom. The Balaban J connectivity index is 2.63. The minimum atomic E-state index is 0.665. The molecule has 0 fully saturated rings. The van der Waals surface area contributed by atoms with Crippen LogP contribution in [0.4, 0.5) is 0 Å². The van der Waals surface area contributed by atoms with Crippen LogP contribution in [0, 0.1) is 11.5 Å². The monoisotopic (exact) mass is 188 g/mol. The molecular weight excluding hydrogens is 176 g/mol. The van der Waals surface area contributed by atoms with Crippen LogP contribution < -0.4 is 0 Å². The zero-order valence-corrected chi connectivity index (χ0v) is 8.31. The average molecular weight is 188 g/mol. The van der Waals surface area contributed by atoms with E-state index in [0.29, 0.717) is 12.4 Å². The summed E-state index contributed by atoms with van der Waals surface area (Å²) in [5, 5.41) is 8.37. The van der Waals surface area contributed by atoms with Crippen LogP contribution in [0.15, 0.2) is 29.4 Å². The summed E-state index contributed by atoms with van der Waals surface area (Å²) < 4.78 is 0. The third-order valence-corrected chi connectivity index (χ3v) is 1.89. The molecule has 0 aliphatic carbocycles. The second-order valence-electron chi connectivity index (χ2n) is 2.94. The molecule has 0 atom stereocenters. The van der Waals surface area contributed by atoms with E-state index in [1.165, 1.54) is 0 Å². The number of aromatic nitrogens is 1. The number of nitrogens with zero attached hydrogens (tertiary/aromatic N) is 4. The molecule has 0 aliphatic heterocycles. The molecule has 0 aromatic carbocycles. The van der Waals surface area contributed by atoms with Crippen molar-refractivity contribution in [2.45, 2.75) is 13.5 Å². The molecular formula is C10H12N4. The first-order valence-electron chi connectivity index (χ1n) is 4.28. The highest BCUT2D eigenvalue weighted by atomic mass is 15.2. The summed E-state index contributed by atoms with van der Waals surface area (Å²) in [5.41, 5.74) is 0.961. The minimum absolute atomic E-state index is 0.665. The number of aliphatic imine (C=N–C) groups is 1. The third-order valence-electron chi connectivity index (χ3n) is 1.89. The van der Waals surface area contributed by atoms with E-state index in [0.717, 1.165) is 5.69 Å². The highest BCUT2D eigenvalue weighted by molar-refractivity contribution is 5.80. The van der Waals surface area contributed by atoms with Crippen LogP contribution in [-0.2, 0) is 6.54 Å². The van der Waals surface area contributed by atoms with Gasteiger partial charge in [-0.25, -0.2) is 0 Å². The number of hydrogen-bond acceptors (Lipinski definition) is 3. The summed E-state index contributed by atoms with van der Waals surface area (Å²) in [6.45, 7) is 2.46. The molecule has 4 heteroatoms. The van der Waals surface area contributed by atoms with Gasteiger partial charge in [0.2, 0.25) is 6.19 Å². The highest BCUT2D eigenvalue weighted by Crippen LogP contribution is 1.99. The predicted molar refractivity (Wildman–Crippen MR) is 54.4 cm³/mol. The summed E-state index contributed by atoms with van der Waals surface area (Å²) >= 11 is 0. The van der Waals surface area contributed by atoms with Crippen LogP contribution in [0.2, 0.25) is 0 Å². The summed E-state index contributed by atoms with van der Waals surface area (Å²) in [4.78, 5) is 9.70. The van der Waals surface area contributed by atoms with Gasteiger partial charge in [-0.3, -0.25) is 4.98 Å². The van der Waals surface area contributed by atoms with Gasteiger partial charge in [0.15, 0.2) is 0 Å². The van der Waals surface area contributed by atoms with Crippen molar-refractivity contribution >= 4 is 5.84 Å². The van der Waals surface area contributed by atoms with Gasteiger partial charge >= 0.3 is 0 Å². The minimum Gasteiger partial charge on any atom is -0.357 e. The zero-order valence-electron chi connectivity index (χ0n) is 8.31. The quantitative estimate of drug-likeness (QED) is 0.400. The first-order chi connectivity index (χ1) is 6.74. The van der Waals surface area contributed by atoms with Crippen LogP contribution in [0.5, 0.6) is 0 Å².